The van der Waals surface area contributed by atoms with Crippen molar-refractivity contribution in [3.05, 3.63) is 0 Å². The van der Waals surface area contributed by atoms with E-state index in [0.717, 1.165) is 17.3 Å². The third-order valence-electron chi connectivity index (χ3n) is 2.17. The summed E-state index contributed by atoms with van der Waals surface area (Å²) in [6.07, 6.45) is 1.44. The normalized spacial score (nSPS) is 22.1. The van der Waals surface area contributed by atoms with Crippen molar-refractivity contribution in [3.8, 4) is 0 Å². The summed E-state index contributed by atoms with van der Waals surface area (Å²) in [5, 5.41) is 4.20. The second-order valence-corrected chi connectivity index (χ2v) is 5.66. The van der Waals surface area contributed by atoms with Gasteiger partial charge in [-0.2, -0.15) is 0 Å². The molecule has 0 saturated heterocycles. The summed E-state index contributed by atoms with van der Waals surface area (Å²) in [5.41, 5.74) is 4.87. The standard InChI is InChI=1S/C10H19N3OS/c1-7-4-5-15-9(12-7)13-10(2,3)6-8(11)14/h7H,4-6H2,1-3H3,(H2,11,14)(H,12,13). The van der Waals surface area contributed by atoms with Crippen LogP contribution in [-0.4, -0.2) is 28.4 Å². The first kappa shape index (κ1) is 12.4. The molecule has 0 bridgehead atoms. The highest BCUT2D eigenvalue weighted by molar-refractivity contribution is 8.13. The molecule has 0 aromatic heterocycles. The summed E-state index contributed by atoms with van der Waals surface area (Å²) < 4.78 is 0. The molecule has 0 aromatic rings. The zero-order valence-electron chi connectivity index (χ0n) is 9.54. The SMILES string of the molecule is CC1CCSC(NC(C)(C)CC(N)=O)=N1. The Hall–Kier alpha value is -0.710. The van der Waals surface area contributed by atoms with E-state index in [-0.39, 0.29) is 11.4 Å². The van der Waals surface area contributed by atoms with Gasteiger partial charge in [0, 0.05) is 17.7 Å². The summed E-state index contributed by atoms with van der Waals surface area (Å²) in [6, 6.07) is 0.373. The highest BCUT2D eigenvalue weighted by atomic mass is 32.2. The monoisotopic (exact) mass is 229 g/mol. The largest absolute Gasteiger partial charge is 0.370 e. The molecule has 86 valence electrons. The minimum Gasteiger partial charge on any atom is -0.370 e. The van der Waals surface area contributed by atoms with Crippen LogP contribution in [0.15, 0.2) is 4.99 Å². The van der Waals surface area contributed by atoms with Gasteiger partial charge in [-0.15, -0.1) is 0 Å². The van der Waals surface area contributed by atoms with Gasteiger partial charge in [-0.3, -0.25) is 9.79 Å². The zero-order valence-corrected chi connectivity index (χ0v) is 10.4. The fraction of sp³-hybridized carbons (Fsp3) is 0.800. The number of thioether (sulfide) groups is 1. The summed E-state index contributed by atoms with van der Waals surface area (Å²) in [6.45, 7) is 6.02. The van der Waals surface area contributed by atoms with Crippen molar-refractivity contribution in [2.45, 2.75) is 45.2 Å². The molecule has 0 aromatic carbocycles. The Balaban J connectivity index is 2.56. The third kappa shape index (κ3) is 4.55. The van der Waals surface area contributed by atoms with Gasteiger partial charge in [0.25, 0.3) is 0 Å². The maximum atomic E-state index is 10.9. The quantitative estimate of drug-likeness (QED) is 0.762. The van der Waals surface area contributed by atoms with Crippen LogP contribution in [0.25, 0.3) is 0 Å². The van der Waals surface area contributed by atoms with E-state index >= 15 is 0 Å². The molecule has 1 aliphatic rings. The van der Waals surface area contributed by atoms with E-state index in [2.05, 4.69) is 17.2 Å². The van der Waals surface area contributed by atoms with E-state index in [4.69, 9.17) is 5.73 Å². The van der Waals surface area contributed by atoms with E-state index in [1.807, 2.05) is 13.8 Å². The van der Waals surface area contributed by atoms with Crippen molar-refractivity contribution in [1.29, 1.82) is 0 Å². The molecular formula is C10H19N3OS. The van der Waals surface area contributed by atoms with E-state index in [9.17, 15) is 4.79 Å². The van der Waals surface area contributed by atoms with Crippen molar-refractivity contribution in [2.75, 3.05) is 5.75 Å². The molecule has 4 nitrogen and oxygen atoms in total. The number of rotatable bonds is 3. The first-order valence-corrected chi connectivity index (χ1v) is 6.15. The molecule has 0 aliphatic carbocycles. The van der Waals surface area contributed by atoms with E-state index < -0.39 is 0 Å². The van der Waals surface area contributed by atoms with Crippen molar-refractivity contribution in [2.24, 2.45) is 10.7 Å². The van der Waals surface area contributed by atoms with Crippen LogP contribution in [0.2, 0.25) is 0 Å². The smallest absolute Gasteiger partial charge is 0.219 e. The topological polar surface area (TPSA) is 67.5 Å². The number of hydrogen-bond acceptors (Lipinski definition) is 4. The first-order valence-electron chi connectivity index (χ1n) is 5.16. The minimum absolute atomic E-state index is 0.290. The lowest BCUT2D eigenvalue weighted by Crippen LogP contribution is -2.46. The maximum absolute atomic E-state index is 10.9. The van der Waals surface area contributed by atoms with Gasteiger partial charge >= 0.3 is 0 Å². The molecule has 0 radical (unpaired) electrons. The molecule has 1 heterocycles. The van der Waals surface area contributed by atoms with Crippen LogP contribution in [0.1, 0.15) is 33.6 Å². The molecule has 1 amide bonds. The fourth-order valence-corrected chi connectivity index (χ4v) is 2.72. The lowest BCUT2D eigenvalue weighted by atomic mass is 10.0. The van der Waals surface area contributed by atoms with Crippen molar-refractivity contribution >= 4 is 22.8 Å². The van der Waals surface area contributed by atoms with Crippen molar-refractivity contribution < 1.29 is 4.79 Å². The average Bonchev–Trinajstić information content (AvgIpc) is 1.99. The lowest BCUT2D eigenvalue weighted by Gasteiger charge is -2.28. The number of nitrogens with zero attached hydrogens (tertiary/aromatic N) is 1. The average molecular weight is 229 g/mol. The summed E-state index contributed by atoms with van der Waals surface area (Å²) >= 11 is 1.71. The number of nitrogens with two attached hydrogens (primary N) is 1. The lowest BCUT2D eigenvalue weighted by molar-refractivity contribution is -0.119. The van der Waals surface area contributed by atoms with Gasteiger partial charge in [0.2, 0.25) is 5.91 Å². The molecule has 0 saturated carbocycles. The van der Waals surface area contributed by atoms with Gasteiger partial charge in [-0.25, -0.2) is 0 Å². The highest BCUT2D eigenvalue weighted by Gasteiger charge is 2.23. The number of hydrogen-bond donors (Lipinski definition) is 2. The fourth-order valence-electron chi connectivity index (χ4n) is 1.47. The molecule has 15 heavy (non-hydrogen) atoms. The first-order chi connectivity index (χ1) is 6.89. The van der Waals surface area contributed by atoms with Crippen molar-refractivity contribution in [3.63, 3.8) is 0 Å². The van der Waals surface area contributed by atoms with Crippen LogP contribution in [0.4, 0.5) is 0 Å². The Kier molecular flexibility index (Phi) is 4.02. The summed E-state index contributed by atoms with van der Waals surface area (Å²) in [4.78, 5) is 15.3. The van der Waals surface area contributed by atoms with Crippen LogP contribution in [0.3, 0.4) is 0 Å². The number of amidine groups is 1. The van der Waals surface area contributed by atoms with Gasteiger partial charge in [-0.05, 0) is 27.2 Å². The maximum Gasteiger partial charge on any atom is 0.219 e. The number of aliphatic imine (C=N–C) groups is 1. The third-order valence-corrected chi connectivity index (χ3v) is 3.09. The van der Waals surface area contributed by atoms with E-state index in [1.165, 1.54) is 0 Å². The summed E-state index contributed by atoms with van der Waals surface area (Å²) in [7, 11) is 0. The molecule has 5 heteroatoms. The van der Waals surface area contributed by atoms with E-state index in [0.29, 0.717) is 12.5 Å². The van der Waals surface area contributed by atoms with Gasteiger partial charge in [0.15, 0.2) is 5.17 Å². The van der Waals surface area contributed by atoms with Crippen LogP contribution in [0.5, 0.6) is 0 Å². The molecule has 1 unspecified atom stereocenters. The van der Waals surface area contributed by atoms with Crippen LogP contribution < -0.4 is 11.1 Å². The number of carbonyl (C=O) groups excluding carboxylic acids is 1. The molecule has 3 N–H and O–H groups in total. The molecular weight excluding hydrogens is 210 g/mol. The second-order valence-electron chi connectivity index (χ2n) is 4.57. The van der Waals surface area contributed by atoms with Gasteiger partial charge in [-0.1, -0.05) is 11.8 Å². The van der Waals surface area contributed by atoms with Gasteiger partial charge < -0.3 is 11.1 Å². The van der Waals surface area contributed by atoms with Crippen LogP contribution >= 0.6 is 11.8 Å². The number of nitrogens with one attached hydrogen (secondary N) is 1. The second kappa shape index (κ2) is 4.88. The zero-order chi connectivity index (χ0) is 11.5. The molecule has 1 rings (SSSR count). The highest BCUT2D eigenvalue weighted by Crippen LogP contribution is 2.18. The Morgan fingerprint density at radius 1 is 1.73 bits per heavy atom. The van der Waals surface area contributed by atoms with Crippen molar-refractivity contribution in [1.82, 2.24) is 5.32 Å². The van der Waals surface area contributed by atoms with E-state index in [1.54, 1.807) is 11.8 Å². The number of amides is 1. The predicted molar refractivity (Wildman–Crippen MR) is 65.0 cm³/mol. The number of carbonyl (C=O) groups is 1. The molecule has 1 atom stereocenters. The Labute approximate surface area is 95.1 Å². The number of primary amides is 1. The predicted octanol–water partition coefficient (Wildman–Crippen LogP) is 1.11. The molecule has 0 spiro atoms. The summed E-state index contributed by atoms with van der Waals surface area (Å²) in [5.74, 6) is 0.793. The van der Waals surface area contributed by atoms with Gasteiger partial charge in [0.05, 0.1) is 6.04 Å². The Morgan fingerprint density at radius 2 is 2.40 bits per heavy atom. The molecule has 0 fully saturated rings. The Morgan fingerprint density at radius 3 is 2.93 bits per heavy atom. The minimum atomic E-state index is -0.311. The van der Waals surface area contributed by atoms with Gasteiger partial charge in [0.1, 0.15) is 0 Å². The molecule has 1 aliphatic heterocycles. The Bertz CT molecular complexity index is 276. The van der Waals surface area contributed by atoms with Crippen LogP contribution in [0, 0.1) is 0 Å². The van der Waals surface area contributed by atoms with Crippen LogP contribution in [-0.2, 0) is 4.79 Å².